The van der Waals surface area contributed by atoms with Crippen molar-refractivity contribution in [1.82, 2.24) is 9.97 Å². The Hall–Kier alpha value is -1.65. The molecule has 1 fully saturated rings. The van der Waals surface area contributed by atoms with E-state index in [0.717, 1.165) is 12.0 Å². The van der Waals surface area contributed by atoms with E-state index in [0.29, 0.717) is 12.5 Å². The van der Waals surface area contributed by atoms with E-state index in [-0.39, 0.29) is 5.92 Å². The molecule has 0 spiro atoms. The maximum absolute atomic E-state index is 11.2. The Kier molecular flexibility index (Phi) is 2.77. The van der Waals surface area contributed by atoms with Gasteiger partial charge in [0.05, 0.1) is 0 Å². The number of anilines is 1. The van der Waals surface area contributed by atoms with Gasteiger partial charge in [0.25, 0.3) is 0 Å². The Balaban J connectivity index is 2.26. The first kappa shape index (κ1) is 10.9. The fraction of sp³-hybridized carbons (Fsp3) is 0.545. The minimum Gasteiger partial charge on any atom is -0.480 e. The second-order valence-corrected chi connectivity index (χ2v) is 4.30. The minimum atomic E-state index is -0.797. The van der Waals surface area contributed by atoms with Crippen LogP contribution in [0.2, 0.25) is 0 Å². The molecule has 1 N–H and O–H groups in total. The van der Waals surface area contributed by atoms with Crippen LogP contribution in [0, 0.1) is 12.8 Å². The predicted octanol–water partition coefficient (Wildman–Crippen LogP) is 1.08. The molecule has 1 aliphatic rings. The molecule has 2 rings (SSSR count). The number of rotatable bonds is 2. The lowest BCUT2D eigenvalue weighted by molar-refractivity contribution is -0.139. The third-order valence-corrected chi connectivity index (χ3v) is 2.98. The summed E-state index contributed by atoms with van der Waals surface area (Å²) in [5.74, 6) is -0.140. The van der Waals surface area contributed by atoms with E-state index >= 15 is 0 Å². The summed E-state index contributed by atoms with van der Waals surface area (Å²) in [6, 6.07) is -0.497. The SMILES string of the molecule is Cc1cnc(N2CCC(C)C2C(=O)O)nc1. The summed E-state index contributed by atoms with van der Waals surface area (Å²) >= 11 is 0. The van der Waals surface area contributed by atoms with Crippen molar-refractivity contribution in [3.63, 3.8) is 0 Å². The number of aryl methyl sites for hydroxylation is 1. The highest BCUT2D eigenvalue weighted by atomic mass is 16.4. The van der Waals surface area contributed by atoms with Crippen molar-refractivity contribution < 1.29 is 9.90 Å². The van der Waals surface area contributed by atoms with Crippen LogP contribution in [-0.4, -0.2) is 33.6 Å². The normalized spacial score (nSPS) is 24.8. The molecule has 0 saturated carbocycles. The van der Waals surface area contributed by atoms with Gasteiger partial charge in [-0.05, 0) is 24.8 Å². The van der Waals surface area contributed by atoms with Crippen LogP contribution in [0.25, 0.3) is 0 Å². The third kappa shape index (κ3) is 1.85. The lowest BCUT2D eigenvalue weighted by Gasteiger charge is -2.22. The molecule has 0 aliphatic carbocycles. The smallest absolute Gasteiger partial charge is 0.326 e. The fourth-order valence-electron chi connectivity index (χ4n) is 2.08. The Labute approximate surface area is 94.1 Å². The van der Waals surface area contributed by atoms with Gasteiger partial charge in [-0.2, -0.15) is 0 Å². The minimum absolute atomic E-state index is 0.141. The highest BCUT2D eigenvalue weighted by molar-refractivity contribution is 5.78. The number of hydrogen-bond acceptors (Lipinski definition) is 4. The molecule has 5 heteroatoms. The summed E-state index contributed by atoms with van der Waals surface area (Å²) in [5.41, 5.74) is 0.975. The zero-order chi connectivity index (χ0) is 11.7. The standard InChI is InChI=1S/C11H15N3O2/c1-7-5-12-11(13-6-7)14-4-3-8(2)9(14)10(15)16/h5-6,8-9H,3-4H2,1-2H3,(H,15,16). The molecule has 1 aromatic rings. The van der Waals surface area contributed by atoms with E-state index in [1.807, 2.05) is 13.8 Å². The average molecular weight is 221 g/mol. The first-order valence-corrected chi connectivity index (χ1v) is 5.37. The van der Waals surface area contributed by atoms with Crippen molar-refractivity contribution in [3.05, 3.63) is 18.0 Å². The van der Waals surface area contributed by atoms with E-state index < -0.39 is 12.0 Å². The van der Waals surface area contributed by atoms with E-state index in [9.17, 15) is 9.90 Å². The van der Waals surface area contributed by atoms with Gasteiger partial charge in [0, 0.05) is 18.9 Å². The molecule has 0 bridgehead atoms. The second kappa shape index (κ2) is 4.08. The summed E-state index contributed by atoms with van der Waals surface area (Å²) in [4.78, 5) is 21.3. The molecule has 5 nitrogen and oxygen atoms in total. The number of carboxylic acids is 1. The van der Waals surface area contributed by atoms with E-state index in [1.54, 1.807) is 17.3 Å². The molecular formula is C11H15N3O2. The number of carbonyl (C=O) groups is 1. The molecule has 1 saturated heterocycles. The van der Waals surface area contributed by atoms with Crippen LogP contribution in [0.5, 0.6) is 0 Å². The maximum atomic E-state index is 11.2. The van der Waals surface area contributed by atoms with Crippen LogP contribution in [-0.2, 0) is 4.79 Å². The van der Waals surface area contributed by atoms with E-state index in [2.05, 4.69) is 9.97 Å². The molecule has 1 aromatic heterocycles. The summed E-state index contributed by atoms with van der Waals surface area (Å²) < 4.78 is 0. The molecule has 2 atom stereocenters. The number of carboxylic acid groups (broad SMARTS) is 1. The first-order chi connectivity index (χ1) is 7.59. The van der Waals surface area contributed by atoms with Crippen molar-refractivity contribution >= 4 is 11.9 Å². The molecule has 86 valence electrons. The van der Waals surface area contributed by atoms with Crippen LogP contribution in [0.3, 0.4) is 0 Å². The van der Waals surface area contributed by atoms with Crippen molar-refractivity contribution in [1.29, 1.82) is 0 Å². The number of nitrogens with zero attached hydrogens (tertiary/aromatic N) is 3. The van der Waals surface area contributed by atoms with Crippen molar-refractivity contribution in [2.75, 3.05) is 11.4 Å². The molecular weight excluding hydrogens is 206 g/mol. The third-order valence-electron chi connectivity index (χ3n) is 2.98. The first-order valence-electron chi connectivity index (χ1n) is 5.37. The van der Waals surface area contributed by atoms with Gasteiger partial charge in [0.2, 0.25) is 5.95 Å². The Bertz CT molecular complexity index is 391. The maximum Gasteiger partial charge on any atom is 0.326 e. The number of aromatic nitrogens is 2. The number of hydrogen-bond donors (Lipinski definition) is 1. The van der Waals surface area contributed by atoms with Gasteiger partial charge in [-0.3, -0.25) is 0 Å². The average Bonchev–Trinajstić information content (AvgIpc) is 2.61. The van der Waals surface area contributed by atoms with Crippen LogP contribution >= 0.6 is 0 Å². The monoisotopic (exact) mass is 221 g/mol. The largest absolute Gasteiger partial charge is 0.480 e. The fourth-order valence-corrected chi connectivity index (χ4v) is 2.08. The van der Waals surface area contributed by atoms with Crippen LogP contribution in [0.1, 0.15) is 18.9 Å². The zero-order valence-corrected chi connectivity index (χ0v) is 9.42. The summed E-state index contributed by atoms with van der Waals surface area (Å²) in [5, 5.41) is 9.17. The Morgan fingerprint density at radius 1 is 1.50 bits per heavy atom. The van der Waals surface area contributed by atoms with Gasteiger partial charge in [-0.1, -0.05) is 6.92 Å². The van der Waals surface area contributed by atoms with Crippen molar-refractivity contribution in [3.8, 4) is 0 Å². The Morgan fingerprint density at radius 3 is 2.69 bits per heavy atom. The van der Waals surface area contributed by atoms with Crippen LogP contribution in [0.4, 0.5) is 5.95 Å². The molecule has 0 amide bonds. The van der Waals surface area contributed by atoms with Gasteiger partial charge in [0.1, 0.15) is 6.04 Å². The number of aliphatic carboxylic acids is 1. The van der Waals surface area contributed by atoms with Gasteiger partial charge in [0.15, 0.2) is 0 Å². The van der Waals surface area contributed by atoms with E-state index in [4.69, 9.17) is 0 Å². The highest BCUT2D eigenvalue weighted by Crippen LogP contribution is 2.27. The van der Waals surface area contributed by atoms with Gasteiger partial charge >= 0.3 is 5.97 Å². The van der Waals surface area contributed by atoms with Gasteiger partial charge < -0.3 is 10.0 Å². The van der Waals surface area contributed by atoms with Gasteiger partial charge in [-0.15, -0.1) is 0 Å². The van der Waals surface area contributed by atoms with Crippen LogP contribution < -0.4 is 4.90 Å². The van der Waals surface area contributed by atoms with Crippen molar-refractivity contribution in [2.24, 2.45) is 5.92 Å². The summed E-state index contributed by atoms with van der Waals surface area (Å²) in [7, 11) is 0. The molecule has 0 radical (unpaired) electrons. The second-order valence-electron chi connectivity index (χ2n) is 4.30. The Morgan fingerprint density at radius 2 is 2.12 bits per heavy atom. The van der Waals surface area contributed by atoms with Crippen LogP contribution in [0.15, 0.2) is 12.4 Å². The quantitative estimate of drug-likeness (QED) is 0.809. The molecule has 2 unspecified atom stereocenters. The predicted molar refractivity (Wildman–Crippen MR) is 59.3 cm³/mol. The van der Waals surface area contributed by atoms with Crippen molar-refractivity contribution in [2.45, 2.75) is 26.3 Å². The summed E-state index contributed by atoms with van der Waals surface area (Å²) in [6.45, 7) is 4.57. The molecule has 2 heterocycles. The summed E-state index contributed by atoms with van der Waals surface area (Å²) in [6.07, 6.45) is 4.29. The lowest BCUT2D eigenvalue weighted by Crippen LogP contribution is -2.39. The topological polar surface area (TPSA) is 66.3 Å². The molecule has 16 heavy (non-hydrogen) atoms. The lowest BCUT2D eigenvalue weighted by atomic mass is 10.0. The highest BCUT2D eigenvalue weighted by Gasteiger charge is 2.37. The van der Waals surface area contributed by atoms with Gasteiger partial charge in [-0.25, -0.2) is 14.8 Å². The van der Waals surface area contributed by atoms with E-state index in [1.165, 1.54) is 0 Å². The zero-order valence-electron chi connectivity index (χ0n) is 9.42. The molecule has 1 aliphatic heterocycles. The molecule has 0 aromatic carbocycles.